The fraction of sp³-hybridized carbons (Fsp3) is 0.310. The van der Waals surface area contributed by atoms with Crippen molar-refractivity contribution in [2.45, 2.75) is 25.2 Å². The van der Waals surface area contributed by atoms with Crippen molar-refractivity contribution < 1.29 is 14.9 Å². The fourth-order valence-corrected chi connectivity index (χ4v) is 4.67. The first-order valence-corrected chi connectivity index (χ1v) is 12.5. The van der Waals surface area contributed by atoms with Crippen LogP contribution in [-0.4, -0.2) is 54.0 Å². The number of benzene rings is 3. The lowest BCUT2D eigenvalue weighted by Gasteiger charge is -2.44. The summed E-state index contributed by atoms with van der Waals surface area (Å²) in [6.07, 6.45) is -1.29. The Hall–Kier alpha value is -3.59. The van der Waals surface area contributed by atoms with Gasteiger partial charge in [-0.1, -0.05) is 48.0 Å². The summed E-state index contributed by atoms with van der Waals surface area (Å²) in [5, 5.41) is 31.0. The van der Waals surface area contributed by atoms with Crippen LogP contribution in [0.1, 0.15) is 35.8 Å². The van der Waals surface area contributed by atoms with E-state index in [1.807, 2.05) is 36.4 Å². The molecule has 1 heterocycles. The van der Waals surface area contributed by atoms with Crippen LogP contribution < -0.4 is 9.64 Å². The normalized spacial score (nSPS) is 17.5. The predicted molar refractivity (Wildman–Crippen MR) is 144 cm³/mol. The lowest BCUT2D eigenvalue weighted by atomic mass is 9.99. The molecular formula is C29H29ClN4O3. The summed E-state index contributed by atoms with van der Waals surface area (Å²) >= 11 is 6.16. The van der Waals surface area contributed by atoms with Crippen LogP contribution in [0.3, 0.4) is 0 Å². The van der Waals surface area contributed by atoms with Crippen LogP contribution in [0, 0.1) is 17.9 Å². The molecule has 0 aromatic heterocycles. The van der Waals surface area contributed by atoms with E-state index in [2.05, 4.69) is 20.7 Å². The van der Waals surface area contributed by atoms with E-state index >= 15 is 0 Å². The van der Waals surface area contributed by atoms with E-state index in [1.54, 1.807) is 37.3 Å². The van der Waals surface area contributed by atoms with E-state index in [1.165, 1.54) is 0 Å². The van der Waals surface area contributed by atoms with Crippen LogP contribution in [0.25, 0.3) is 4.85 Å². The Morgan fingerprint density at radius 3 is 2.49 bits per heavy atom. The third-order valence-electron chi connectivity index (χ3n) is 6.45. The van der Waals surface area contributed by atoms with Crippen LogP contribution in [0.2, 0.25) is 5.02 Å². The van der Waals surface area contributed by atoms with Crippen molar-refractivity contribution in [1.29, 1.82) is 5.26 Å². The average Bonchev–Trinajstić information content (AvgIpc) is 2.92. The van der Waals surface area contributed by atoms with Crippen LogP contribution in [0.4, 0.5) is 11.4 Å². The minimum atomic E-state index is -0.683. The van der Waals surface area contributed by atoms with Gasteiger partial charge in [0.25, 0.3) is 0 Å². The average molecular weight is 517 g/mol. The van der Waals surface area contributed by atoms with Gasteiger partial charge in [-0.2, -0.15) is 5.26 Å². The highest BCUT2D eigenvalue weighted by Gasteiger charge is 2.31. The van der Waals surface area contributed by atoms with Crippen molar-refractivity contribution in [2.24, 2.45) is 0 Å². The van der Waals surface area contributed by atoms with Gasteiger partial charge in [0.2, 0.25) is 0 Å². The van der Waals surface area contributed by atoms with Gasteiger partial charge >= 0.3 is 0 Å². The molecule has 8 heteroatoms. The Kier molecular flexibility index (Phi) is 8.66. The molecule has 3 aromatic carbocycles. The number of ether oxygens (including phenoxy) is 1. The molecule has 1 aliphatic rings. The number of hydrogen-bond donors (Lipinski definition) is 2. The second-order valence-electron chi connectivity index (χ2n) is 9.19. The number of β-amino-alcohol motifs (C(OH)–C–C–N with tert-alkyl or cyclic N) is 1. The van der Waals surface area contributed by atoms with Gasteiger partial charge in [-0.25, -0.2) is 4.85 Å². The molecular weight excluding hydrogens is 488 g/mol. The molecule has 0 saturated carbocycles. The van der Waals surface area contributed by atoms with Gasteiger partial charge < -0.3 is 19.8 Å². The zero-order valence-electron chi connectivity index (χ0n) is 20.6. The van der Waals surface area contributed by atoms with Gasteiger partial charge in [-0.05, 0) is 48.4 Å². The summed E-state index contributed by atoms with van der Waals surface area (Å²) in [5.41, 5.74) is 3.68. The summed E-state index contributed by atoms with van der Waals surface area (Å²) in [6, 6.07) is 22.4. The van der Waals surface area contributed by atoms with Gasteiger partial charge in [-0.3, -0.25) is 4.90 Å². The van der Waals surface area contributed by atoms with Crippen molar-refractivity contribution in [3.8, 4) is 11.8 Å². The van der Waals surface area contributed by atoms with Crippen LogP contribution >= 0.6 is 11.6 Å². The Balaban J connectivity index is 1.57. The number of piperazine rings is 1. The molecule has 0 amide bonds. The first-order chi connectivity index (χ1) is 17.9. The number of hydrogen-bond acceptors (Lipinski definition) is 6. The van der Waals surface area contributed by atoms with E-state index in [4.69, 9.17) is 22.9 Å². The minimum Gasteiger partial charge on any atom is -0.491 e. The second kappa shape index (κ2) is 12.1. The number of anilines is 1. The van der Waals surface area contributed by atoms with Crippen molar-refractivity contribution in [3.63, 3.8) is 0 Å². The Labute approximate surface area is 222 Å². The maximum absolute atomic E-state index is 10.9. The van der Waals surface area contributed by atoms with Gasteiger partial charge in [0.1, 0.15) is 18.4 Å². The van der Waals surface area contributed by atoms with E-state index in [-0.39, 0.29) is 12.6 Å². The minimum absolute atomic E-state index is 0.0703. The lowest BCUT2D eigenvalue weighted by molar-refractivity contribution is 0.100. The Bertz CT molecular complexity index is 1280. The van der Waals surface area contributed by atoms with Crippen molar-refractivity contribution >= 4 is 23.0 Å². The van der Waals surface area contributed by atoms with Crippen LogP contribution in [-0.2, 0) is 0 Å². The number of halogens is 1. The molecule has 4 rings (SSSR count). The summed E-state index contributed by atoms with van der Waals surface area (Å²) in [5.74, 6) is 0.537. The van der Waals surface area contributed by atoms with Crippen LogP contribution in [0.15, 0.2) is 66.7 Å². The summed E-state index contributed by atoms with van der Waals surface area (Å²) < 4.78 is 5.61. The zero-order valence-corrected chi connectivity index (χ0v) is 21.3. The molecule has 190 valence electrons. The zero-order chi connectivity index (χ0) is 26.4. The molecule has 0 unspecified atom stereocenters. The van der Waals surface area contributed by atoms with Crippen molar-refractivity contribution in [3.05, 3.63) is 99.9 Å². The van der Waals surface area contributed by atoms with Gasteiger partial charge in [0.15, 0.2) is 5.69 Å². The van der Waals surface area contributed by atoms with Crippen molar-refractivity contribution in [1.82, 2.24) is 4.90 Å². The molecule has 7 nitrogen and oxygen atoms in total. The molecule has 1 saturated heterocycles. The maximum Gasteiger partial charge on any atom is 0.187 e. The second-order valence-corrected chi connectivity index (χ2v) is 9.63. The van der Waals surface area contributed by atoms with Gasteiger partial charge in [0, 0.05) is 31.2 Å². The van der Waals surface area contributed by atoms with E-state index < -0.39 is 12.2 Å². The molecule has 0 spiro atoms. The third kappa shape index (κ3) is 6.60. The third-order valence-corrected chi connectivity index (χ3v) is 6.70. The first kappa shape index (κ1) is 26.5. The SMILES string of the molecule is [C-]#[N+]c1ccc([C@H](O)CN2CCN(c3ccc(OC[C@H](C)O)cc3C#N)[C@H](c3ccc(Cl)cc3)C2)cc1. The lowest BCUT2D eigenvalue weighted by Crippen LogP contribution is -2.49. The molecule has 0 radical (unpaired) electrons. The van der Waals surface area contributed by atoms with Crippen molar-refractivity contribution in [2.75, 3.05) is 37.7 Å². The highest BCUT2D eigenvalue weighted by atomic mass is 35.5. The topological polar surface area (TPSA) is 84.3 Å². The molecule has 3 aromatic rings. The molecule has 0 bridgehead atoms. The van der Waals surface area contributed by atoms with E-state index in [0.717, 1.165) is 16.8 Å². The number of aliphatic hydroxyl groups excluding tert-OH is 2. The Morgan fingerprint density at radius 2 is 1.84 bits per heavy atom. The largest absolute Gasteiger partial charge is 0.491 e. The molecule has 1 aliphatic heterocycles. The summed E-state index contributed by atoms with van der Waals surface area (Å²) in [6.45, 7) is 11.4. The smallest absolute Gasteiger partial charge is 0.187 e. The molecule has 1 fully saturated rings. The summed E-state index contributed by atoms with van der Waals surface area (Å²) in [4.78, 5) is 7.85. The molecule has 37 heavy (non-hydrogen) atoms. The number of nitriles is 1. The first-order valence-electron chi connectivity index (χ1n) is 12.1. The highest BCUT2D eigenvalue weighted by molar-refractivity contribution is 6.30. The van der Waals surface area contributed by atoms with E-state index in [9.17, 15) is 15.5 Å². The van der Waals surface area contributed by atoms with E-state index in [0.29, 0.717) is 48.2 Å². The highest BCUT2D eigenvalue weighted by Crippen LogP contribution is 2.35. The quantitative estimate of drug-likeness (QED) is 0.404. The fourth-order valence-electron chi connectivity index (χ4n) is 4.55. The predicted octanol–water partition coefficient (Wildman–Crippen LogP) is 5.12. The van der Waals surface area contributed by atoms with Crippen LogP contribution in [0.5, 0.6) is 5.75 Å². The summed E-state index contributed by atoms with van der Waals surface area (Å²) in [7, 11) is 0. The number of rotatable bonds is 8. The number of aliphatic hydroxyl groups is 2. The maximum atomic E-state index is 10.9. The van der Waals surface area contributed by atoms with Gasteiger partial charge in [0.05, 0.1) is 36.1 Å². The molecule has 0 aliphatic carbocycles. The Morgan fingerprint density at radius 1 is 1.11 bits per heavy atom. The monoisotopic (exact) mass is 516 g/mol. The molecule has 3 atom stereocenters. The van der Waals surface area contributed by atoms with Gasteiger partial charge in [-0.15, -0.1) is 0 Å². The molecule has 2 N–H and O–H groups in total. The standard InChI is InChI=1S/C29H29ClN4O3/c1-20(35)19-37-26-11-12-27(23(15-26)16-31)34-14-13-33(17-28(34)21-3-7-24(30)8-4-21)18-29(36)22-5-9-25(32-2)10-6-22/h3-12,15,20,28-29,35-36H,13-14,17-19H2,1H3/t20-,28-,29+/m0/s1. The number of nitrogens with zero attached hydrogens (tertiary/aromatic N) is 4.